The Hall–Kier alpha value is -3.10. The quantitative estimate of drug-likeness (QED) is 0.577. The molecule has 0 spiro atoms. The Balaban J connectivity index is 1.51. The number of nitrogens with zero attached hydrogens (tertiary/aromatic N) is 1. The van der Waals surface area contributed by atoms with E-state index in [1.54, 1.807) is 60.4 Å². The van der Waals surface area contributed by atoms with Crippen LogP contribution in [-0.2, 0) is 14.4 Å². The molecule has 3 rings (SSSR count). The van der Waals surface area contributed by atoms with E-state index in [2.05, 4.69) is 10.6 Å². The Morgan fingerprint density at radius 1 is 1.26 bits per heavy atom. The monoisotopic (exact) mass is 445 g/mol. The van der Waals surface area contributed by atoms with E-state index in [9.17, 15) is 19.5 Å². The molecule has 3 N–H and O–H groups in total. The van der Waals surface area contributed by atoms with Crippen molar-refractivity contribution >= 4 is 40.7 Å². The first-order chi connectivity index (χ1) is 14.8. The second-order valence-electron chi connectivity index (χ2n) is 7.34. The summed E-state index contributed by atoms with van der Waals surface area (Å²) in [6.07, 6.45) is -0.523. The van der Waals surface area contributed by atoms with Gasteiger partial charge in [0.1, 0.15) is 5.75 Å². The number of anilines is 2. The van der Waals surface area contributed by atoms with Gasteiger partial charge in [0.25, 0.3) is 5.91 Å². The highest BCUT2D eigenvalue weighted by atomic mass is 35.5. The van der Waals surface area contributed by atoms with Gasteiger partial charge in [-0.3, -0.25) is 14.4 Å². The molecule has 31 heavy (non-hydrogen) atoms. The first-order valence-corrected chi connectivity index (χ1v) is 10.2. The molecule has 8 nitrogen and oxygen atoms in total. The van der Waals surface area contributed by atoms with Crippen LogP contribution in [0.2, 0.25) is 5.02 Å². The summed E-state index contributed by atoms with van der Waals surface area (Å²) in [7, 11) is 0. The molecule has 1 fully saturated rings. The minimum absolute atomic E-state index is 0.119. The average molecular weight is 446 g/mol. The molecule has 2 aromatic rings. The number of halogens is 1. The molecule has 1 aliphatic heterocycles. The second-order valence-corrected chi connectivity index (χ2v) is 7.78. The van der Waals surface area contributed by atoms with Crippen LogP contribution in [-0.4, -0.2) is 48.6 Å². The summed E-state index contributed by atoms with van der Waals surface area (Å²) in [4.78, 5) is 38.1. The number of nitrogens with one attached hydrogen (secondary N) is 2. The van der Waals surface area contributed by atoms with Gasteiger partial charge in [-0.05, 0) is 49.4 Å². The Morgan fingerprint density at radius 2 is 2.00 bits per heavy atom. The van der Waals surface area contributed by atoms with Crippen molar-refractivity contribution in [2.24, 2.45) is 5.92 Å². The van der Waals surface area contributed by atoms with E-state index in [0.717, 1.165) is 0 Å². The van der Waals surface area contributed by atoms with Gasteiger partial charge in [0.15, 0.2) is 6.61 Å². The molecule has 0 bridgehead atoms. The fourth-order valence-electron chi connectivity index (χ4n) is 3.16. The van der Waals surface area contributed by atoms with Crippen LogP contribution in [0.1, 0.15) is 13.3 Å². The molecular formula is C22H24ClN3O5. The van der Waals surface area contributed by atoms with Crippen molar-refractivity contribution in [3.05, 3.63) is 53.6 Å². The van der Waals surface area contributed by atoms with Crippen LogP contribution in [0.5, 0.6) is 5.75 Å². The van der Waals surface area contributed by atoms with Crippen molar-refractivity contribution in [3.8, 4) is 5.75 Å². The molecule has 1 heterocycles. The summed E-state index contributed by atoms with van der Waals surface area (Å²) in [6.45, 7) is 1.82. The van der Waals surface area contributed by atoms with E-state index in [1.807, 2.05) is 0 Å². The maximum Gasteiger partial charge on any atom is 0.262 e. The summed E-state index contributed by atoms with van der Waals surface area (Å²) in [5.74, 6) is -0.707. The number of carbonyl (C=O) groups is 3. The number of hydrogen-bond acceptors (Lipinski definition) is 5. The topological polar surface area (TPSA) is 108 Å². The van der Waals surface area contributed by atoms with Crippen LogP contribution in [0, 0.1) is 5.92 Å². The van der Waals surface area contributed by atoms with E-state index >= 15 is 0 Å². The number of rotatable bonds is 8. The third-order valence-electron chi connectivity index (χ3n) is 4.69. The largest absolute Gasteiger partial charge is 0.484 e. The number of hydrogen-bond donors (Lipinski definition) is 3. The molecule has 0 radical (unpaired) electrons. The molecule has 2 atom stereocenters. The molecule has 1 aliphatic rings. The van der Waals surface area contributed by atoms with Crippen LogP contribution in [0.3, 0.4) is 0 Å². The Labute approximate surface area is 185 Å². The van der Waals surface area contributed by atoms with Crippen LogP contribution >= 0.6 is 11.6 Å². The van der Waals surface area contributed by atoms with E-state index in [-0.39, 0.29) is 43.8 Å². The van der Waals surface area contributed by atoms with Crippen molar-refractivity contribution in [3.63, 3.8) is 0 Å². The van der Waals surface area contributed by atoms with Crippen LogP contribution in [0.15, 0.2) is 48.5 Å². The smallest absolute Gasteiger partial charge is 0.262 e. The predicted octanol–water partition coefficient (Wildman–Crippen LogP) is 2.21. The van der Waals surface area contributed by atoms with Gasteiger partial charge in [0, 0.05) is 35.9 Å². The van der Waals surface area contributed by atoms with Crippen molar-refractivity contribution in [1.82, 2.24) is 5.32 Å². The molecule has 164 valence electrons. The first-order valence-electron chi connectivity index (χ1n) is 9.86. The summed E-state index contributed by atoms with van der Waals surface area (Å²) in [6, 6.07) is 13.6. The molecule has 0 saturated carbocycles. The number of aliphatic hydroxyl groups is 1. The lowest BCUT2D eigenvalue weighted by Gasteiger charge is -2.17. The van der Waals surface area contributed by atoms with Gasteiger partial charge in [-0.2, -0.15) is 0 Å². The first kappa shape index (κ1) is 22.6. The summed E-state index contributed by atoms with van der Waals surface area (Å²) in [5.41, 5.74) is 1.22. The fraction of sp³-hybridized carbons (Fsp3) is 0.318. The summed E-state index contributed by atoms with van der Waals surface area (Å²) < 4.78 is 5.49. The summed E-state index contributed by atoms with van der Waals surface area (Å²) >= 11 is 5.89. The van der Waals surface area contributed by atoms with Gasteiger partial charge in [-0.15, -0.1) is 0 Å². The lowest BCUT2D eigenvalue weighted by atomic mass is 10.1. The number of ether oxygens (including phenoxy) is 1. The lowest BCUT2D eigenvalue weighted by Crippen LogP contribution is -2.36. The summed E-state index contributed by atoms with van der Waals surface area (Å²) in [5, 5.41) is 15.1. The highest BCUT2D eigenvalue weighted by Gasteiger charge is 2.35. The predicted molar refractivity (Wildman–Crippen MR) is 117 cm³/mol. The number of aliphatic hydroxyl groups excluding tert-OH is 1. The van der Waals surface area contributed by atoms with Gasteiger partial charge in [-0.25, -0.2) is 0 Å². The number of benzene rings is 2. The van der Waals surface area contributed by atoms with Crippen molar-refractivity contribution in [2.75, 3.05) is 29.9 Å². The van der Waals surface area contributed by atoms with Gasteiger partial charge >= 0.3 is 0 Å². The maximum absolute atomic E-state index is 12.3. The molecule has 3 amide bonds. The zero-order valence-corrected chi connectivity index (χ0v) is 17.8. The standard InChI is InChI=1S/C22H24ClN3O5/c1-14(27)11-24-22(30)15-9-21(29)26(12-15)18-5-7-19(8-6-18)31-13-20(28)25-17-4-2-3-16(23)10-17/h2-8,10,14-15,27H,9,11-13H2,1H3,(H,24,30)(H,25,28)/t14-,15+/m0/s1. The minimum atomic E-state index is -0.641. The highest BCUT2D eigenvalue weighted by Crippen LogP contribution is 2.27. The average Bonchev–Trinajstić information content (AvgIpc) is 3.12. The van der Waals surface area contributed by atoms with E-state index in [4.69, 9.17) is 16.3 Å². The SMILES string of the molecule is C[C@H](O)CNC(=O)[C@@H]1CC(=O)N(c2ccc(OCC(=O)Nc3cccc(Cl)c3)cc2)C1. The van der Waals surface area contributed by atoms with Crippen molar-refractivity contribution < 1.29 is 24.2 Å². The van der Waals surface area contributed by atoms with Gasteiger partial charge in [0.2, 0.25) is 11.8 Å². The van der Waals surface area contributed by atoms with Crippen LogP contribution in [0.4, 0.5) is 11.4 Å². The second kappa shape index (κ2) is 10.3. The highest BCUT2D eigenvalue weighted by molar-refractivity contribution is 6.30. The zero-order chi connectivity index (χ0) is 22.4. The maximum atomic E-state index is 12.3. The molecule has 0 aliphatic carbocycles. The lowest BCUT2D eigenvalue weighted by molar-refractivity contribution is -0.126. The molecular weight excluding hydrogens is 422 g/mol. The van der Waals surface area contributed by atoms with Crippen LogP contribution in [0.25, 0.3) is 0 Å². The van der Waals surface area contributed by atoms with Crippen molar-refractivity contribution in [2.45, 2.75) is 19.4 Å². The number of amides is 3. The van der Waals surface area contributed by atoms with Gasteiger partial charge in [0.05, 0.1) is 12.0 Å². The third-order valence-corrected chi connectivity index (χ3v) is 4.93. The Bertz CT molecular complexity index is 948. The molecule has 9 heteroatoms. The third kappa shape index (κ3) is 6.44. The molecule has 1 saturated heterocycles. The molecule has 2 aromatic carbocycles. The molecule has 0 aromatic heterocycles. The zero-order valence-electron chi connectivity index (χ0n) is 17.0. The van der Waals surface area contributed by atoms with Crippen molar-refractivity contribution in [1.29, 1.82) is 0 Å². The Kier molecular flexibility index (Phi) is 7.49. The molecule has 0 unspecified atom stereocenters. The van der Waals surface area contributed by atoms with Gasteiger partial charge in [-0.1, -0.05) is 17.7 Å². The van der Waals surface area contributed by atoms with E-state index in [0.29, 0.717) is 22.1 Å². The van der Waals surface area contributed by atoms with E-state index in [1.165, 1.54) is 0 Å². The van der Waals surface area contributed by atoms with Gasteiger partial charge < -0.3 is 25.4 Å². The number of carbonyl (C=O) groups excluding carboxylic acids is 3. The normalized spacial score (nSPS) is 16.7. The fourth-order valence-corrected chi connectivity index (χ4v) is 3.35. The van der Waals surface area contributed by atoms with E-state index < -0.39 is 12.0 Å². The minimum Gasteiger partial charge on any atom is -0.484 e. The van der Waals surface area contributed by atoms with Crippen LogP contribution < -0.4 is 20.3 Å². The Morgan fingerprint density at radius 3 is 2.68 bits per heavy atom.